The fourth-order valence-electron chi connectivity index (χ4n) is 2.26. The molecule has 2 aromatic carbocycles. The predicted octanol–water partition coefficient (Wildman–Crippen LogP) is 4.12. The van der Waals surface area contributed by atoms with Gasteiger partial charge in [-0.25, -0.2) is 8.42 Å². The molecule has 3 N–H and O–H groups in total. The van der Waals surface area contributed by atoms with Gasteiger partial charge in [-0.15, -0.1) is 0 Å². The van der Waals surface area contributed by atoms with Gasteiger partial charge in [-0.05, 0) is 42.5 Å². The summed E-state index contributed by atoms with van der Waals surface area (Å²) in [7, 11) is -4.22. The third-order valence-corrected chi connectivity index (χ3v) is 6.27. The molecule has 0 saturated carbocycles. The summed E-state index contributed by atoms with van der Waals surface area (Å²) in [6.07, 6.45) is -1.63. The Morgan fingerprint density at radius 1 is 1.06 bits per heavy atom. The molecule has 0 saturated heterocycles. The summed E-state index contributed by atoms with van der Waals surface area (Å²) in [5, 5.41) is 5.30. The van der Waals surface area contributed by atoms with E-state index < -0.39 is 32.5 Å². The Balaban J connectivity index is 2.09. The molecule has 0 aromatic heterocycles. The lowest BCUT2D eigenvalue weighted by Gasteiger charge is -2.26. The molecule has 14 heteroatoms. The molecule has 0 aliphatic heterocycles. The van der Waals surface area contributed by atoms with E-state index in [0.29, 0.717) is 10.7 Å². The van der Waals surface area contributed by atoms with Gasteiger partial charge in [0.1, 0.15) is 11.9 Å². The van der Waals surface area contributed by atoms with Gasteiger partial charge in [0.2, 0.25) is 19.7 Å². The van der Waals surface area contributed by atoms with E-state index in [-0.39, 0.29) is 21.6 Å². The second kappa shape index (κ2) is 11.1. The van der Waals surface area contributed by atoms with Crippen molar-refractivity contribution in [3.05, 3.63) is 52.5 Å². The minimum absolute atomic E-state index is 0.173. The lowest BCUT2D eigenvalue weighted by molar-refractivity contribution is -0.123. The van der Waals surface area contributed by atoms with Crippen LogP contribution in [0.25, 0.3) is 0 Å². The number of alkyl halides is 3. The topological polar surface area (TPSA) is 114 Å². The van der Waals surface area contributed by atoms with Crippen molar-refractivity contribution in [2.24, 2.45) is 0 Å². The van der Waals surface area contributed by atoms with Crippen LogP contribution in [0.5, 0.6) is 5.75 Å². The van der Waals surface area contributed by atoms with Crippen LogP contribution in [0.3, 0.4) is 0 Å². The summed E-state index contributed by atoms with van der Waals surface area (Å²) < 4.78 is 30.5. The molecule has 2 aromatic rings. The number of carbonyl (C=O) groups excluding carboxylic acids is 2. The Morgan fingerprint density at radius 3 is 2.22 bits per heavy atom. The van der Waals surface area contributed by atoms with Crippen molar-refractivity contribution in [2.45, 2.75) is 21.8 Å². The fraction of sp³-hybridized carbons (Fsp3) is 0.222. The monoisotopic (exact) mass is 561 g/mol. The Bertz CT molecular complexity index is 1090. The third-order valence-electron chi connectivity index (χ3n) is 3.64. The standard InChI is InChI=1S/C18H16Cl5N3O5S/c1-10(27)24-12-3-5-13(6-4-12)32(29,30)26-17(18(21,22)23)25-16(28)9-31-15-7-2-11(19)8-14(15)20/h2-8,17,26H,9H2,1H3,(H,24,27)(H,25,28)/t17-/m0/s1. The van der Waals surface area contributed by atoms with Crippen LogP contribution in [-0.2, 0) is 19.6 Å². The van der Waals surface area contributed by atoms with E-state index in [9.17, 15) is 18.0 Å². The second-order valence-corrected chi connectivity index (χ2v) is 11.2. The summed E-state index contributed by atoms with van der Waals surface area (Å²) in [4.78, 5) is 23.2. The number of nitrogens with one attached hydrogen (secondary N) is 3. The molecule has 0 radical (unpaired) electrons. The van der Waals surface area contributed by atoms with Gasteiger partial charge in [-0.1, -0.05) is 58.0 Å². The van der Waals surface area contributed by atoms with Crippen LogP contribution >= 0.6 is 58.0 Å². The Kier molecular flexibility index (Phi) is 9.30. The van der Waals surface area contributed by atoms with Crippen LogP contribution in [0.15, 0.2) is 47.4 Å². The SMILES string of the molecule is CC(=O)Nc1ccc(S(=O)(=O)N[C@H](NC(=O)COc2ccc(Cl)cc2Cl)C(Cl)(Cl)Cl)cc1. The smallest absolute Gasteiger partial charge is 0.259 e. The largest absolute Gasteiger partial charge is 0.482 e. The van der Waals surface area contributed by atoms with Gasteiger partial charge in [0.25, 0.3) is 5.91 Å². The van der Waals surface area contributed by atoms with E-state index in [1.54, 1.807) is 0 Å². The first-order chi connectivity index (χ1) is 14.8. The van der Waals surface area contributed by atoms with Crippen molar-refractivity contribution >= 4 is 85.5 Å². The lowest BCUT2D eigenvalue weighted by Crippen LogP contribution is -2.56. The van der Waals surface area contributed by atoms with Gasteiger partial charge in [0.05, 0.1) is 9.92 Å². The van der Waals surface area contributed by atoms with Crippen LogP contribution in [0.4, 0.5) is 5.69 Å². The summed E-state index contributed by atoms with van der Waals surface area (Å²) >= 11 is 29.3. The van der Waals surface area contributed by atoms with Crippen LogP contribution < -0.4 is 20.1 Å². The highest BCUT2D eigenvalue weighted by molar-refractivity contribution is 7.89. The number of halogens is 5. The van der Waals surface area contributed by atoms with Crippen LogP contribution in [0.1, 0.15) is 6.92 Å². The maximum atomic E-state index is 12.7. The van der Waals surface area contributed by atoms with Crippen LogP contribution in [0, 0.1) is 0 Å². The molecule has 0 fully saturated rings. The number of carbonyl (C=O) groups is 2. The van der Waals surface area contributed by atoms with E-state index in [2.05, 4.69) is 15.4 Å². The molecule has 8 nitrogen and oxygen atoms in total. The van der Waals surface area contributed by atoms with Crippen LogP contribution in [-0.4, -0.2) is 36.8 Å². The Hall–Kier alpha value is -1.46. The lowest BCUT2D eigenvalue weighted by atomic mass is 10.3. The zero-order chi connectivity index (χ0) is 24.1. The zero-order valence-electron chi connectivity index (χ0n) is 16.2. The first-order valence-corrected chi connectivity index (χ1v) is 12.0. The summed E-state index contributed by atoms with van der Waals surface area (Å²) in [5.74, 6) is -0.938. The molecule has 0 heterocycles. The first kappa shape index (κ1) is 26.8. The molecular formula is C18H16Cl5N3O5S. The number of hydrogen-bond donors (Lipinski definition) is 3. The number of benzene rings is 2. The molecular weight excluding hydrogens is 548 g/mol. The van der Waals surface area contributed by atoms with Gasteiger partial charge in [-0.2, -0.15) is 4.72 Å². The van der Waals surface area contributed by atoms with Gasteiger partial charge >= 0.3 is 0 Å². The molecule has 32 heavy (non-hydrogen) atoms. The van der Waals surface area contributed by atoms with Crippen molar-refractivity contribution in [2.75, 3.05) is 11.9 Å². The quantitative estimate of drug-likeness (QED) is 0.330. The number of sulfonamides is 1. The molecule has 0 bridgehead atoms. The van der Waals surface area contributed by atoms with Gasteiger partial charge < -0.3 is 15.4 Å². The molecule has 2 rings (SSSR count). The number of rotatable bonds is 8. The van der Waals surface area contributed by atoms with E-state index in [0.717, 1.165) is 0 Å². The number of amides is 2. The van der Waals surface area contributed by atoms with E-state index in [4.69, 9.17) is 62.7 Å². The number of anilines is 1. The third kappa shape index (κ3) is 8.15. The fourth-order valence-corrected chi connectivity index (χ4v) is 4.42. The molecule has 0 aliphatic rings. The Labute approximate surface area is 209 Å². The van der Waals surface area contributed by atoms with Crippen molar-refractivity contribution in [3.8, 4) is 5.75 Å². The van der Waals surface area contributed by atoms with Crippen molar-refractivity contribution in [1.29, 1.82) is 0 Å². The predicted molar refractivity (Wildman–Crippen MR) is 125 cm³/mol. The highest BCUT2D eigenvalue weighted by Crippen LogP contribution is 2.30. The van der Waals surface area contributed by atoms with Crippen molar-refractivity contribution < 1.29 is 22.7 Å². The highest BCUT2D eigenvalue weighted by atomic mass is 35.6. The molecule has 0 unspecified atom stereocenters. The van der Waals surface area contributed by atoms with Crippen LogP contribution in [0.2, 0.25) is 10.0 Å². The number of hydrogen-bond acceptors (Lipinski definition) is 5. The Morgan fingerprint density at radius 2 is 1.69 bits per heavy atom. The van der Waals surface area contributed by atoms with E-state index in [1.165, 1.54) is 49.4 Å². The zero-order valence-corrected chi connectivity index (χ0v) is 20.8. The minimum Gasteiger partial charge on any atom is -0.482 e. The summed E-state index contributed by atoms with van der Waals surface area (Å²) in [6, 6.07) is 9.61. The van der Waals surface area contributed by atoms with Gasteiger partial charge in [0, 0.05) is 17.6 Å². The molecule has 0 aliphatic carbocycles. The highest BCUT2D eigenvalue weighted by Gasteiger charge is 2.37. The maximum Gasteiger partial charge on any atom is 0.259 e. The summed E-state index contributed by atoms with van der Waals surface area (Å²) in [6.45, 7) is 0.761. The average Bonchev–Trinajstić information content (AvgIpc) is 2.66. The number of ether oxygens (including phenoxy) is 1. The normalized spacial score (nSPS) is 12.7. The molecule has 1 atom stereocenters. The van der Waals surface area contributed by atoms with E-state index >= 15 is 0 Å². The molecule has 0 spiro atoms. The maximum absolute atomic E-state index is 12.7. The van der Waals surface area contributed by atoms with Gasteiger partial charge in [0.15, 0.2) is 6.61 Å². The summed E-state index contributed by atoms with van der Waals surface area (Å²) in [5.41, 5.74) is 0.390. The second-order valence-electron chi connectivity index (χ2n) is 6.23. The minimum atomic E-state index is -4.22. The van der Waals surface area contributed by atoms with E-state index in [1.807, 2.05) is 0 Å². The van der Waals surface area contributed by atoms with Crippen molar-refractivity contribution in [1.82, 2.24) is 10.0 Å². The molecule has 174 valence electrons. The molecule has 2 amide bonds. The van der Waals surface area contributed by atoms with Crippen molar-refractivity contribution in [3.63, 3.8) is 0 Å². The first-order valence-electron chi connectivity index (χ1n) is 8.62. The average molecular weight is 564 g/mol. The van der Waals surface area contributed by atoms with Gasteiger partial charge in [-0.3, -0.25) is 9.59 Å².